The lowest BCUT2D eigenvalue weighted by atomic mass is 10.1. The molecule has 1 aromatic heterocycles. The minimum Gasteiger partial charge on any atom is -0.475 e. The van der Waals surface area contributed by atoms with Crippen molar-refractivity contribution in [2.75, 3.05) is 26.1 Å². The Morgan fingerprint density at radius 2 is 2.00 bits per heavy atom. The number of halogens is 1. The average Bonchev–Trinajstić information content (AvgIpc) is 2.65. The van der Waals surface area contributed by atoms with Crippen LogP contribution in [-0.2, 0) is 4.74 Å². The quantitative estimate of drug-likeness (QED) is 0.518. The minimum absolute atomic E-state index is 0.360. The minimum atomic E-state index is 0.360. The van der Waals surface area contributed by atoms with Crippen molar-refractivity contribution in [3.05, 3.63) is 53.1 Å². The second-order valence-electron chi connectivity index (χ2n) is 5.43. The summed E-state index contributed by atoms with van der Waals surface area (Å²) < 4.78 is 16.6. The van der Waals surface area contributed by atoms with Crippen molar-refractivity contribution in [3.63, 3.8) is 0 Å². The van der Waals surface area contributed by atoms with E-state index in [4.69, 9.17) is 36.8 Å². The highest BCUT2D eigenvalue weighted by Crippen LogP contribution is 2.34. The normalized spacial score (nSPS) is 10.5. The molecule has 0 radical (unpaired) electrons. The van der Waals surface area contributed by atoms with Crippen LogP contribution < -0.4 is 15.2 Å². The molecule has 0 aliphatic heterocycles. The molecular formula is C19H16ClN3O3. The molecule has 0 bridgehead atoms. The molecule has 0 aliphatic carbocycles. The summed E-state index contributed by atoms with van der Waals surface area (Å²) in [6.07, 6.45) is 0. The second kappa shape index (κ2) is 7.91. The van der Waals surface area contributed by atoms with Crippen LogP contribution in [0.25, 0.3) is 10.9 Å². The van der Waals surface area contributed by atoms with Gasteiger partial charge in [-0.2, -0.15) is 5.26 Å². The molecule has 7 heteroatoms. The smallest absolute Gasteiger partial charge is 0.217 e. The molecule has 0 saturated heterocycles. The van der Waals surface area contributed by atoms with Gasteiger partial charge < -0.3 is 19.9 Å². The number of hydrogen-bond donors (Lipinski definition) is 1. The van der Waals surface area contributed by atoms with E-state index in [2.05, 4.69) is 11.1 Å². The molecule has 26 heavy (non-hydrogen) atoms. The van der Waals surface area contributed by atoms with Crippen molar-refractivity contribution in [3.8, 4) is 23.4 Å². The Morgan fingerprint density at radius 1 is 1.15 bits per heavy atom. The summed E-state index contributed by atoms with van der Waals surface area (Å²) in [5.74, 6) is 1.41. The fourth-order valence-corrected chi connectivity index (χ4v) is 2.50. The Balaban J connectivity index is 2.03. The third-order valence-electron chi connectivity index (χ3n) is 3.61. The monoisotopic (exact) mass is 369 g/mol. The molecule has 0 amide bonds. The van der Waals surface area contributed by atoms with Crippen LogP contribution in [0.5, 0.6) is 17.4 Å². The lowest BCUT2D eigenvalue weighted by Crippen LogP contribution is -2.05. The first-order valence-corrected chi connectivity index (χ1v) is 8.18. The van der Waals surface area contributed by atoms with Gasteiger partial charge in [0.2, 0.25) is 5.88 Å². The first-order valence-electron chi connectivity index (χ1n) is 7.80. The van der Waals surface area contributed by atoms with Gasteiger partial charge in [0, 0.05) is 24.6 Å². The van der Waals surface area contributed by atoms with Crippen molar-refractivity contribution in [1.82, 2.24) is 4.98 Å². The lowest BCUT2D eigenvalue weighted by molar-refractivity contribution is 0.144. The number of hydrogen-bond acceptors (Lipinski definition) is 6. The maximum Gasteiger partial charge on any atom is 0.217 e. The molecule has 0 saturated carbocycles. The maximum absolute atomic E-state index is 9.16. The number of rotatable bonds is 6. The highest BCUT2D eigenvalue weighted by molar-refractivity contribution is 6.33. The number of anilines is 1. The van der Waals surface area contributed by atoms with Crippen LogP contribution in [-0.4, -0.2) is 25.3 Å². The third kappa shape index (κ3) is 3.97. The zero-order valence-corrected chi connectivity index (χ0v) is 14.8. The summed E-state index contributed by atoms with van der Waals surface area (Å²) in [6.45, 7) is 0.801. The zero-order chi connectivity index (χ0) is 18.5. The van der Waals surface area contributed by atoms with Crippen LogP contribution >= 0.6 is 11.6 Å². The SMILES string of the molecule is COCCOc1cc(Oc2ccc(N)c(Cl)c2)c2cc(C#N)ccc2n1. The summed E-state index contributed by atoms with van der Waals surface area (Å²) in [6, 6.07) is 14.0. The molecule has 0 spiro atoms. The lowest BCUT2D eigenvalue weighted by Gasteiger charge is -2.12. The molecule has 0 aliphatic rings. The topological polar surface area (TPSA) is 90.4 Å². The number of nitriles is 1. The molecule has 1 heterocycles. The number of aromatic nitrogens is 1. The van der Waals surface area contributed by atoms with E-state index in [0.717, 1.165) is 0 Å². The van der Waals surface area contributed by atoms with Crippen LogP contribution in [0, 0.1) is 11.3 Å². The molecule has 6 nitrogen and oxygen atoms in total. The highest BCUT2D eigenvalue weighted by Gasteiger charge is 2.11. The molecule has 132 valence electrons. The van der Waals surface area contributed by atoms with Gasteiger partial charge in [0.25, 0.3) is 0 Å². The van der Waals surface area contributed by atoms with Crippen molar-refractivity contribution >= 4 is 28.2 Å². The summed E-state index contributed by atoms with van der Waals surface area (Å²) >= 11 is 6.06. The zero-order valence-electron chi connectivity index (χ0n) is 14.0. The van der Waals surface area contributed by atoms with Gasteiger partial charge in [-0.3, -0.25) is 0 Å². The van der Waals surface area contributed by atoms with E-state index in [1.165, 1.54) is 0 Å². The van der Waals surface area contributed by atoms with Gasteiger partial charge in [-0.15, -0.1) is 0 Å². The third-order valence-corrected chi connectivity index (χ3v) is 3.94. The summed E-state index contributed by atoms with van der Waals surface area (Å²) in [5.41, 5.74) is 7.36. The molecular weight excluding hydrogens is 354 g/mol. The van der Waals surface area contributed by atoms with Crippen LogP contribution in [0.15, 0.2) is 42.5 Å². The number of benzene rings is 2. The van der Waals surface area contributed by atoms with Gasteiger partial charge in [0.15, 0.2) is 0 Å². The Kier molecular flexibility index (Phi) is 5.42. The predicted octanol–water partition coefficient (Wildman–Crippen LogP) is 4.16. The van der Waals surface area contributed by atoms with E-state index in [1.54, 1.807) is 49.6 Å². The summed E-state index contributed by atoms with van der Waals surface area (Å²) in [7, 11) is 1.60. The molecule has 0 unspecified atom stereocenters. The van der Waals surface area contributed by atoms with Gasteiger partial charge in [-0.05, 0) is 30.3 Å². The Hall–Kier alpha value is -3.01. The van der Waals surface area contributed by atoms with Crippen molar-refractivity contribution in [2.45, 2.75) is 0 Å². The van der Waals surface area contributed by atoms with E-state index in [1.807, 2.05) is 0 Å². The molecule has 0 atom stereocenters. The van der Waals surface area contributed by atoms with E-state index in [0.29, 0.717) is 57.8 Å². The number of methoxy groups -OCH3 is 1. The number of nitrogens with zero attached hydrogens (tertiary/aromatic N) is 2. The number of nitrogens with two attached hydrogens (primary N) is 1. The molecule has 2 aromatic carbocycles. The van der Waals surface area contributed by atoms with Crippen molar-refractivity contribution in [1.29, 1.82) is 5.26 Å². The summed E-state index contributed by atoms with van der Waals surface area (Å²) in [4.78, 5) is 4.44. The fraction of sp³-hybridized carbons (Fsp3) is 0.158. The van der Waals surface area contributed by atoms with E-state index < -0.39 is 0 Å². The van der Waals surface area contributed by atoms with E-state index >= 15 is 0 Å². The number of pyridine rings is 1. The molecule has 2 N–H and O–H groups in total. The molecule has 3 aromatic rings. The standard InChI is InChI=1S/C19H16ClN3O3/c1-24-6-7-25-19-10-18(26-13-3-4-16(22)15(20)9-13)14-8-12(11-21)2-5-17(14)23-19/h2-5,8-10H,6-7,22H2,1H3. The van der Waals surface area contributed by atoms with Gasteiger partial charge in [0.05, 0.1) is 34.5 Å². The summed E-state index contributed by atoms with van der Waals surface area (Å²) in [5, 5.41) is 10.3. The van der Waals surface area contributed by atoms with Crippen LogP contribution in [0.2, 0.25) is 5.02 Å². The first kappa shape index (κ1) is 17.8. The average molecular weight is 370 g/mol. The van der Waals surface area contributed by atoms with Gasteiger partial charge in [0.1, 0.15) is 18.1 Å². The van der Waals surface area contributed by atoms with Gasteiger partial charge >= 0.3 is 0 Å². The first-order chi connectivity index (χ1) is 12.6. The number of nitrogen functional groups attached to an aromatic ring is 1. The van der Waals surface area contributed by atoms with Crippen molar-refractivity contribution < 1.29 is 14.2 Å². The second-order valence-corrected chi connectivity index (χ2v) is 5.84. The van der Waals surface area contributed by atoms with Gasteiger partial charge in [-0.25, -0.2) is 4.98 Å². The fourth-order valence-electron chi connectivity index (χ4n) is 2.33. The Bertz CT molecular complexity index is 986. The Morgan fingerprint density at radius 3 is 2.73 bits per heavy atom. The van der Waals surface area contributed by atoms with Crippen LogP contribution in [0.4, 0.5) is 5.69 Å². The van der Waals surface area contributed by atoms with Gasteiger partial charge in [-0.1, -0.05) is 11.6 Å². The maximum atomic E-state index is 9.16. The van der Waals surface area contributed by atoms with Crippen LogP contribution in [0.1, 0.15) is 5.56 Å². The largest absolute Gasteiger partial charge is 0.475 e. The highest BCUT2D eigenvalue weighted by atomic mass is 35.5. The Labute approximate surface area is 155 Å². The molecule has 0 fully saturated rings. The number of ether oxygens (including phenoxy) is 3. The number of fused-ring (bicyclic) bond motifs is 1. The van der Waals surface area contributed by atoms with Crippen molar-refractivity contribution in [2.24, 2.45) is 0 Å². The van der Waals surface area contributed by atoms with E-state index in [9.17, 15) is 0 Å². The van der Waals surface area contributed by atoms with Crippen LogP contribution in [0.3, 0.4) is 0 Å². The predicted molar refractivity (Wildman–Crippen MR) is 99.8 cm³/mol. The molecule has 3 rings (SSSR count). The van der Waals surface area contributed by atoms with E-state index in [-0.39, 0.29) is 0 Å².